The summed E-state index contributed by atoms with van der Waals surface area (Å²) in [6, 6.07) is 6.31. The number of nitrogens with zero attached hydrogens (tertiary/aromatic N) is 3. The number of likely N-dealkylation sites (tertiary alicyclic amines) is 1. The summed E-state index contributed by atoms with van der Waals surface area (Å²) < 4.78 is 5.77. The van der Waals surface area contributed by atoms with Crippen LogP contribution in [0.2, 0.25) is 0 Å². The van der Waals surface area contributed by atoms with Crippen molar-refractivity contribution in [2.24, 2.45) is 0 Å². The standard InChI is InChI=1S/C21H29N5O3S2/c1-4-15-8-6-7-14(3)18(15)23-19-24-25-20(31-19)30-13-17(27)22-16-9-11-26(12-10-16)21(28)29-5-2/h6-8,16H,4-5,9-13H2,1-3H3,(H,22,27)(H,23,24). The topological polar surface area (TPSA) is 96.5 Å². The third-order valence-corrected chi connectivity index (χ3v) is 7.06. The Morgan fingerprint density at radius 2 is 2.03 bits per heavy atom. The minimum absolute atomic E-state index is 0.0310. The Morgan fingerprint density at radius 1 is 1.26 bits per heavy atom. The summed E-state index contributed by atoms with van der Waals surface area (Å²) in [6.45, 7) is 7.56. The second-order valence-electron chi connectivity index (χ2n) is 7.28. The third kappa shape index (κ3) is 6.57. The van der Waals surface area contributed by atoms with Gasteiger partial charge in [-0.25, -0.2) is 4.79 Å². The average Bonchev–Trinajstić information content (AvgIpc) is 3.22. The first-order valence-corrected chi connectivity index (χ1v) is 12.3. The molecule has 2 aromatic rings. The monoisotopic (exact) mass is 463 g/mol. The summed E-state index contributed by atoms with van der Waals surface area (Å²) in [4.78, 5) is 25.8. The van der Waals surface area contributed by atoms with Crippen LogP contribution in [0.5, 0.6) is 0 Å². The fourth-order valence-electron chi connectivity index (χ4n) is 3.45. The van der Waals surface area contributed by atoms with Gasteiger partial charge < -0.3 is 20.3 Å². The summed E-state index contributed by atoms with van der Waals surface area (Å²) >= 11 is 2.83. The number of aromatic nitrogens is 2. The molecule has 0 atom stereocenters. The van der Waals surface area contributed by atoms with E-state index in [1.54, 1.807) is 11.8 Å². The zero-order valence-electron chi connectivity index (χ0n) is 18.1. The quantitative estimate of drug-likeness (QED) is 0.572. The number of ether oxygens (including phenoxy) is 1. The smallest absolute Gasteiger partial charge is 0.409 e. The highest BCUT2D eigenvalue weighted by Crippen LogP contribution is 2.30. The van der Waals surface area contributed by atoms with Crippen LogP contribution in [-0.4, -0.2) is 58.6 Å². The molecule has 0 spiro atoms. The maximum absolute atomic E-state index is 12.3. The summed E-state index contributed by atoms with van der Waals surface area (Å²) in [5.74, 6) is 0.258. The number of hydrogen-bond acceptors (Lipinski definition) is 8. The van der Waals surface area contributed by atoms with Gasteiger partial charge in [-0.2, -0.15) is 0 Å². The van der Waals surface area contributed by atoms with Gasteiger partial charge in [-0.3, -0.25) is 4.79 Å². The number of para-hydroxylation sites is 1. The van der Waals surface area contributed by atoms with E-state index in [-0.39, 0.29) is 23.8 Å². The Hall–Kier alpha value is -2.33. The van der Waals surface area contributed by atoms with Crippen molar-refractivity contribution in [1.82, 2.24) is 20.4 Å². The molecule has 1 fully saturated rings. The Kier molecular flexibility index (Phi) is 8.53. The van der Waals surface area contributed by atoms with Crippen LogP contribution in [0.25, 0.3) is 0 Å². The van der Waals surface area contributed by atoms with E-state index < -0.39 is 0 Å². The predicted molar refractivity (Wildman–Crippen MR) is 124 cm³/mol. The molecule has 1 aromatic carbocycles. The lowest BCUT2D eigenvalue weighted by Gasteiger charge is -2.31. The van der Waals surface area contributed by atoms with Crippen molar-refractivity contribution in [2.45, 2.75) is 50.4 Å². The van der Waals surface area contributed by atoms with Crippen molar-refractivity contribution in [2.75, 3.05) is 30.8 Å². The zero-order chi connectivity index (χ0) is 22.2. The first kappa shape index (κ1) is 23.3. The molecule has 0 radical (unpaired) electrons. The highest BCUT2D eigenvalue weighted by atomic mass is 32.2. The summed E-state index contributed by atoms with van der Waals surface area (Å²) in [7, 11) is 0. The number of amides is 2. The number of rotatable bonds is 8. The molecule has 0 aliphatic carbocycles. The SMILES string of the molecule is CCOC(=O)N1CCC(NC(=O)CSc2nnc(Nc3c(C)cccc3CC)s2)CC1. The van der Waals surface area contributed by atoms with Gasteiger partial charge in [0.1, 0.15) is 0 Å². The summed E-state index contributed by atoms with van der Waals surface area (Å²) in [6.07, 6.45) is 2.13. The predicted octanol–water partition coefficient (Wildman–Crippen LogP) is 3.98. The maximum Gasteiger partial charge on any atom is 0.409 e. The number of nitrogens with one attached hydrogen (secondary N) is 2. The van der Waals surface area contributed by atoms with Crippen molar-refractivity contribution in [3.8, 4) is 0 Å². The molecule has 1 aromatic heterocycles. The normalized spacial score (nSPS) is 14.4. The molecule has 0 saturated carbocycles. The number of piperidine rings is 1. The van der Waals surface area contributed by atoms with Gasteiger partial charge in [0.15, 0.2) is 4.34 Å². The number of thioether (sulfide) groups is 1. The molecule has 0 unspecified atom stereocenters. The number of anilines is 2. The molecular formula is C21H29N5O3S2. The summed E-state index contributed by atoms with van der Waals surface area (Å²) in [5.41, 5.74) is 3.47. The van der Waals surface area contributed by atoms with Crippen molar-refractivity contribution in [3.05, 3.63) is 29.3 Å². The summed E-state index contributed by atoms with van der Waals surface area (Å²) in [5, 5.41) is 15.6. The molecule has 3 rings (SSSR count). The largest absolute Gasteiger partial charge is 0.450 e. The van der Waals surface area contributed by atoms with Crippen LogP contribution in [0.3, 0.4) is 0 Å². The van der Waals surface area contributed by atoms with Crippen LogP contribution >= 0.6 is 23.1 Å². The van der Waals surface area contributed by atoms with Crippen molar-refractivity contribution < 1.29 is 14.3 Å². The molecule has 2 amide bonds. The molecule has 1 aliphatic heterocycles. The fraction of sp³-hybridized carbons (Fsp3) is 0.524. The molecule has 10 heteroatoms. The molecule has 168 valence electrons. The minimum atomic E-state index is -0.278. The molecule has 2 N–H and O–H groups in total. The third-order valence-electron chi connectivity index (χ3n) is 5.09. The van der Waals surface area contributed by atoms with Gasteiger partial charge in [-0.1, -0.05) is 48.2 Å². The van der Waals surface area contributed by atoms with E-state index >= 15 is 0 Å². The van der Waals surface area contributed by atoms with Gasteiger partial charge in [0.2, 0.25) is 11.0 Å². The van der Waals surface area contributed by atoms with E-state index in [1.807, 2.05) is 0 Å². The first-order valence-electron chi connectivity index (χ1n) is 10.5. The van der Waals surface area contributed by atoms with Crippen LogP contribution in [0.1, 0.15) is 37.8 Å². The molecular weight excluding hydrogens is 434 g/mol. The van der Waals surface area contributed by atoms with E-state index in [0.29, 0.717) is 19.7 Å². The molecule has 1 aliphatic rings. The van der Waals surface area contributed by atoms with Gasteiger partial charge in [-0.05, 0) is 44.2 Å². The Balaban J connectivity index is 1.44. The van der Waals surface area contributed by atoms with Crippen molar-refractivity contribution in [3.63, 3.8) is 0 Å². The van der Waals surface area contributed by atoms with E-state index in [2.05, 4.69) is 52.9 Å². The van der Waals surface area contributed by atoms with E-state index in [9.17, 15) is 9.59 Å². The molecule has 0 bridgehead atoms. The Labute approximate surface area is 191 Å². The number of carbonyl (C=O) groups is 2. The van der Waals surface area contributed by atoms with Gasteiger partial charge in [0.25, 0.3) is 0 Å². The highest BCUT2D eigenvalue weighted by molar-refractivity contribution is 8.01. The van der Waals surface area contributed by atoms with Crippen LogP contribution in [0, 0.1) is 6.92 Å². The zero-order valence-corrected chi connectivity index (χ0v) is 19.8. The minimum Gasteiger partial charge on any atom is -0.450 e. The highest BCUT2D eigenvalue weighted by Gasteiger charge is 2.24. The second kappa shape index (κ2) is 11.3. The lowest BCUT2D eigenvalue weighted by molar-refractivity contribution is -0.119. The molecule has 8 nitrogen and oxygen atoms in total. The van der Waals surface area contributed by atoms with Gasteiger partial charge >= 0.3 is 6.09 Å². The van der Waals surface area contributed by atoms with Crippen molar-refractivity contribution >= 4 is 45.9 Å². The van der Waals surface area contributed by atoms with Crippen LogP contribution < -0.4 is 10.6 Å². The molecule has 2 heterocycles. The Morgan fingerprint density at radius 3 is 2.74 bits per heavy atom. The number of hydrogen-bond donors (Lipinski definition) is 2. The van der Waals surface area contributed by atoms with E-state index in [0.717, 1.165) is 40.0 Å². The van der Waals surface area contributed by atoms with Crippen molar-refractivity contribution in [1.29, 1.82) is 0 Å². The fourth-order valence-corrected chi connectivity index (χ4v) is 5.01. The van der Waals surface area contributed by atoms with Crippen LogP contribution in [-0.2, 0) is 16.0 Å². The van der Waals surface area contributed by atoms with Gasteiger partial charge in [0, 0.05) is 24.8 Å². The van der Waals surface area contributed by atoms with Crippen LogP contribution in [0.15, 0.2) is 22.5 Å². The number of aryl methyl sites for hydroxylation is 2. The van der Waals surface area contributed by atoms with Crippen LogP contribution in [0.4, 0.5) is 15.6 Å². The number of carbonyl (C=O) groups excluding carboxylic acids is 2. The molecule has 31 heavy (non-hydrogen) atoms. The Bertz CT molecular complexity index is 897. The van der Waals surface area contributed by atoms with E-state index in [4.69, 9.17) is 4.74 Å². The average molecular weight is 464 g/mol. The van der Waals surface area contributed by atoms with E-state index in [1.165, 1.54) is 28.7 Å². The van der Waals surface area contributed by atoms with Gasteiger partial charge in [0.05, 0.1) is 12.4 Å². The van der Waals surface area contributed by atoms with Gasteiger partial charge in [-0.15, -0.1) is 10.2 Å². The first-order chi connectivity index (χ1) is 15.0. The lowest BCUT2D eigenvalue weighted by atomic mass is 10.1. The second-order valence-corrected chi connectivity index (χ2v) is 9.48. The number of benzene rings is 1. The maximum atomic E-state index is 12.3. The molecule has 1 saturated heterocycles. The lowest BCUT2D eigenvalue weighted by Crippen LogP contribution is -2.47.